The minimum atomic E-state index is 0.530. The number of hydrogen-bond acceptors (Lipinski definition) is 5. The van der Waals surface area contributed by atoms with Crippen molar-refractivity contribution in [1.82, 2.24) is 15.6 Å². The van der Waals surface area contributed by atoms with Crippen molar-refractivity contribution in [2.45, 2.75) is 40.3 Å². The van der Waals surface area contributed by atoms with Crippen molar-refractivity contribution in [3.63, 3.8) is 0 Å². The molecule has 1 heterocycles. The molecule has 2 aromatic rings. The van der Waals surface area contributed by atoms with E-state index in [0.29, 0.717) is 51.4 Å². The summed E-state index contributed by atoms with van der Waals surface area (Å²) in [7, 11) is 1.75. The Morgan fingerprint density at radius 3 is 2.53 bits per heavy atom. The van der Waals surface area contributed by atoms with Gasteiger partial charge in [0, 0.05) is 44.6 Å². The van der Waals surface area contributed by atoms with Gasteiger partial charge in [-0.25, -0.2) is 4.98 Å². The van der Waals surface area contributed by atoms with Crippen molar-refractivity contribution in [2.24, 2.45) is 4.99 Å². The molecule has 0 bridgehead atoms. The highest BCUT2D eigenvalue weighted by Gasteiger charge is 2.06. The highest BCUT2D eigenvalue weighted by molar-refractivity contribution is 5.79. The van der Waals surface area contributed by atoms with Crippen LogP contribution in [0.25, 0.3) is 0 Å². The summed E-state index contributed by atoms with van der Waals surface area (Å²) in [6, 6.07) is 10.1. The Balaban J connectivity index is 1.86. The summed E-state index contributed by atoms with van der Waals surface area (Å²) in [5.74, 6) is 2.23. The number of guanidine groups is 1. The molecular formula is C23H34N4O3. The molecule has 1 aromatic heterocycles. The molecule has 2 N–H and O–H groups in total. The summed E-state index contributed by atoms with van der Waals surface area (Å²) in [6.07, 6.45) is 2.78. The van der Waals surface area contributed by atoms with Gasteiger partial charge in [-0.1, -0.05) is 25.1 Å². The first-order valence-electron chi connectivity index (χ1n) is 10.5. The van der Waals surface area contributed by atoms with Crippen LogP contribution in [0.3, 0.4) is 0 Å². The maximum Gasteiger partial charge on any atom is 0.213 e. The summed E-state index contributed by atoms with van der Waals surface area (Å²) in [5.41, 5.74) is 3.28. The van der Waals surface area contributed by atoms with Crippen LogP contribution in [0.15, 0.2) is 41.5 Å². The monoisotopic (exact) mass is 414 g/mol. The molecule has 0 amide bonds. The lowest BCUT2D eigenvalue weighted by Crippen LogP contribution is -2.36. The summed E-state index contributed by atoms with van der Waals surface area (Å²) >= 11 is 0. The Morgan fingerprint density at radius 1 is 1.00 bits per heavy atom. The van der Waals surface area contributed by atoms with Crippen LogP contribution in [0.4, 0.5) is 0 Å². The molecular weight excluding hydrogens is 380 g/mol. The normalized spacial score (nSPS) is 11.3. The van der Waals surface area contributed by atoms with Crippen molar-refractivity contribution in [3.8, 4) is 11.6 Å². The fourth-order valence-electron chi connectivity index (χ4n) is 2.69. The Labute approximate surface area is 179 Å². The predicted molar refractivity (Wildman–Crippen MR) is 120 cm³/mol. The van der Waals surface area contributed by atoms with E-state index in [1.165, 1.54) is 0 Å². The Hall–Kier alpha value is -2.80. The molecule has 0 aliphatic carbocycles. The van der Waals surface area contributed by atoms with Crippen molar-refractivity contribution >= 4 is 5.96 Å². The molecule has 0 saturated heterocycles. The van der Waals surface area contributed by atoms with Gasteiger partial charge in [-0.3, -0.25) is 4.99 Å². The minimum Gasteiger partial charge on any atom is -0.491 e. The van der Waals surface area contributed by atoms with E-state index in [9.17, 15) is 0 Å². The number of hydrogen-bond donors (Lipinski definition) is 2. The second kappa shape index (κ2) is 13.4. The number of aryl methyl sites for hydroxylation is 1. The molecule has 7 heteroatoms. The van der Waals surface area contributed by atoms with Gasteiger partial charge in [-0.2, -0.15) is 0 Å². The second-order valence-electron chi connectivity index (χ2n) is 6.79. The Morgan fingerprint density at radius 2 is 1.83 bits per heavy atom. The maximum atomic E-state index is 5.91. The lowest BCUT2D eigenvalue weighted by molar-refractivity contribution is 0.110. The number of pyridine rings is 1. The SMILES string of the molecule is CCCOc1ccc(CNC(=NC)NCc2ccc(C)cc2OCCOCC)cn1. The molecule has 7 nitrogen and oxygen atoms in total. The molecule has 0 fully saturated rings. The van der Waals surface area contributed by atoms with Gasteiger partial charge in [0.1, 0.15) is 12.4 Å². The Kier molecular flexibility index (Phi) is 10.5. The van der Waals surface area contributed by atoms with E-state index < -0.39 is 0 Å². The molecule has 0 atom stereocenters. The number of aliphatic imine (C=N–C) groups is 1. The molecule has 0 unspecified atom stereocenters. The average molecular weight is 415 g/mol. The van der Waals surface area contributed by atoms with E-state index >= 15 is 0 Å². The van der Waals surface area contributed by atoms with E-state index in [2.05, 4.69) is 46.6 Å². The van der Waals surface area contributed by atoms with E-state index in [-0.39, 0.29) is 0 Å². The molecule has 0 saturated carbocycles. The molecule has 2 rings (SSSR count). The third-order valence-electron chi connectivity index (χ3n) is 4.29. The number of aromatic nitrogens is 1. The highest BCUT2D eigenvalue weighted by atomic mass is 16.5. The third kappa shape index (κ3) is 8.29. The van der Waals surface area contributed by atoms with Crippen LogP contribution >= 0.6 is 0 Å². The summed E-state index contributed by atoms with van der Waals surface area (Å²) in [6.45, 7) is 9.81. The van der Waals surface area contributed by atoms with Crippen molar-refractivity contribution in [2.75, 3.05) is 33.5 Å². The second-order valence-corrected chi connectivity index (χ2v) is 6.79. The molecule has 0 aliphatic rings. The molecule has 30 heavy (non-hydrogen) atoms. The van der Waals surface area contributed by atoms with Crippen molar-refractivity contribution in [1.29, 1.82) is 0 Å². The van der Waals surface area contributed by atoms with E-state index in [1.54, 1.807) is 7.05 Å². The van der Waals surface area contributed by atoms with Crippen LogP contribution in [-0.2, 0) is 17.8 Å². The van der Waals surface area contributed by atoms with E-state index in [1.807, 2.05) is 31.3 Å². The van der Waals surface area contributed by atoms with Gasteiger partial charge in [0.15, 0.2) is 5.96 Å². The highest BCUT2D eigenvalue weighted by Crippen LogP contribution is 2.20. The molecule has 0 spiro atoms. The largest absolute Gasteiger partial charge is 0.491 e. The lowest BCUT2D eigenvalue weighted by Gasteiger charge is -2.15. The van der Waals surface area contributed by atoms with Gasteiger partial charge < -0.3 is 24.8 Å². The first-order chi connectivity index (χ1) is 14.7. The fourth-order valence-corrected chi connectivity index (χ4v) is 2.69. The average Bonchev–Trinajstić information content (AvgIpc) is 2.77. The van der Waals surface area contributed by atoms with Gasteiger partial charge in [0.05, 0.1) is 13.2 Å². The maximum absolute atomic E-state index is 5.91. The van der Waals surface area contributed by atoms with Crippen molar-refractivity contribution in [3.05, 3.63) is 53.2 Å². The van der Waals surface area contributed by atoms with E-state index in [4.69, 9.17) is 14.2 Å². The van der Waals surface area contributed by atoms with Crippen LogP contribution in [0.1, 0.15) is 37.0 Å². The van der Waals surface area contributed by atoms with Gasteiger partial charge in [0.2, 0.25) is 5.88 Å². The summed E-state index contributed by atoms with van der Waals surface area (Å²) < 4.78 is 16.8. The van der Waals surface area contributed by atoms with Gasteiger partial charge in [0.25, 0.3) is 0 Å². The van der Waals surface area contributed by atoms with Crippen LogP contribution < -0.4 is 20.1 Å². The number of nitrogens with one attached hydrogen (secondary N) is 2. The van der Waals surface area contributed by atoms with Crippen LogP contribution in [0.5, 0.6) is 11.6 Å². The quantitative estimate of drug-likeness (QED) is 0.315. The number of ether oxygens (including phenoxy) is 3. The number of nitrogens with zero attached hydrogens (tertiary/aromatic N) is 2. The fraction of sp³-hybridized carbons (Fsp3) is 0.478. The molecule has 0 radical (unpaired) electrons. The molecule has 1 aromatic carbocycles. The van der Waals surface area contributed by atoms with Gasteiger partial charge in [-0.15, -0.1) is 0 Å². The number of rotatable bonds is 12. The third-order valence-corrected chi connectivity index (χ3v) is 4.29. The van der Waals surface area contributed by atoms with Gasteiger partial charge >= 0.3 is 0 Å². The van der Waals surface area contributed by atoms with Crippen LogP contribution in [-0.4, -0.2) is 44.4 Å². The summed E-state index contributed by atoms with van der Waals surface area (Å²) in [4.78, 5) is 8.62. The van der Waals surface area contributed by atoms with Crippen LogP contribution in [0.2, 0.25) is 0 Å². The lowest BCUT2D eigenvalue weighted by atomic mass is 10.1. The first-order valence-corrected chi connectivity index (χ1v) is 10.5. The smallest absolute Gasteiger partial charge is 0.213 e. The van der Waals surface area contributed by atoms with Crippen LogP contribution in [0, 0.1) is 6.92 Å². The summed E-state index contributed by atoms with van der Waals surface area (Å²) in [5, 5.41) is 6.65. The van der Waals surface area contributed by atoms with Gasteiger partial charge in [-0.05, 0) is 37.5 Å². The van der Waals surface area contributed by atoms with Crippen molar-refractivity contribution < 1.29 is 14.2 Å². The first kappa shape index (κ1) is 23.5. The molecule has 0 aliphatic heterocycles. The standard InChI is InChI=1S/C23H34N4O3/c1-5-11-30-22-10-8-19(15-25-22)16-26-23(24-4)27-17-20-9-7-18(3)14-21(20)29-13-12-28-6-2/h7-10,14-15H,5-6,11-13,16-17H2,1-4H3,(H2,24,26,27). The number of benzene rings is 1. The predicted octanol–water partition coefficient (Wildman–Crippen LogP) is 3.46. The minimum absolute atomic E-state index is 0.530. The van der Waals surface area contributed by atoms with E-state index in [0.717, 1.165) is 28.9 Å². The zero-order valence-corrected chi connectivity index (χ0v) is 18.5. The topological polar surface area (TPSA) is 77.0 Å². The zero-order valence-electron chi connectivity index (χ0n) is 18.5. The molecule has 164 valence electrons. The zero-order chi connectivity index (χ0) is 21.6. The Bertz CT molecular complexity index is 779.